The van der Waals surface area contributed by atoms with Gasteiger partial charge in [-0.15, -0.1) is 24.0 Å². The number of halogens is 1. The molecule has 0 fully saturated rings. The molecule has 0 amide bonds. The summed E-state index contributed by atoms with van der Waals surface area (Å²) in [6.45, 7) is 7.58. The normalized spacial score (nSPS) is 11.2. The van der Waals surface area contributed by atoms with Gasteiger partial charge in [0.15, 0.2) is 5.96 Å². The Labute approximate surface area is 126 Å². The van der Waals surface area contributed by atoms with Crippen molar-refractivity contribution < 1.29 is 4.52 Å². The van der Waals surface area contributed by atoms with E-state index in [4.69, 9.17) is 10.3 Å². The third kappa shape index (κ3) is 4.83. The number of aliphatic imine (C=N–C) groups is 1. The number of nitrogens with zero attached hydrogens (tertiary/aromatic N) is 2. The zero-order valence-corrected chi connectivity index (χ0v) is 13.7. The summed E-state index contributed by atoms with van der Waals surface area (Å²) in [5.41, 5.74) is 7.81. The minimum Gasteiger partial charge on any atom is -0.370 e. The van der Waals surface area contributed by atoms with Crippen molar-refractivity contribution in [3.8, 4) is 0 Å². The van der Waals surface area contributed by atoms with E-state index in [2.05, 4.69) is 29.3 Å². The first-order valence-electron chi connectivity index (χ1n) is 6.22. The molecule has 1 aromatic heterocycles. The molecule has 18 heavy (non-hydrogen) atoms. The van der Waals surface area contributed by atoms with Crippen LogP contribution in [0.2, 0.25) is 0 Å². The number of nitrogens with one attached hydrogen (secondary N) is 1. The molecule has 0 unspecified atom stereocenters. The lowest BCUT2D eigenvalue weighted by Gasteiger charge is -2.03. The van der Waals surface area contributed by atoms with Crippen molar-refractivity contribution >= 4 is 29.9 Å². The molecule has 0 bridgehead atoms. The first-order valence-corrected chi connectivity index (χ1v) is 6.22. The number of nitrogens with two attached hydrogens (primary N) is 1. The van der Waals surface area contributed by atoms with Gasteiger partial charge in [0, 0.05) is 18.5 Å². The number of aryl methyl sites for hydroxylation is 2. The van der Waals surface area contributed by atoms with Crippen LogP contribution in [0.3, 0.4) is 0 Å². The highest BCUT2D eigenvalue weighted by Crippen LogP contribution is 2.16. The lowest BCUT2D eigenvalue weighted by Crippen LogP contribution is -2.32. The Morgan fingerprint density at radius 1 is 1.33 bits per heavy atom. The van der Waals surface area contributed by atoms with E-state index < -0.39 is 0 Å². The maximum Gasteiger partial charge on any atom is 0.188 e. The second kappa shape index (κ2) is 9.18. The zero-order chi connectivity index (χ0) is 12.7. The molecule has 5 nitrogen and oxygen atoms in total. The monoisotopic (exact) mass is 366 g/mol. The van der Waals surface area contributed by atoms with Gasteiger partial charge in [-0.2, -0.15) is 0 Å². The molecule has 0 radical (unpaired) electrons. The molecule has 0 saturated heterocycles. The number of guanidine groups is 1. The largest absolute Gasteiger partial charge is 0.370 e. The lowest BCUT2D eigenvalue weighted by molar-refractivity contribution is 0.380. The molecule has 1 aromatic rings. The van der Waals surface area contributed by atoms with E-state index in [1.165, 1.54) is 0 Å². The van der Waals surface area contributed by atoms with Gasteiger partial charge in [-0.25, -0.2) is 4.99 Å². The van der Waals surface area contributed by atoms with Gasteiger partial charge in [0.1, 0.15) is 5.76 Å². The van der Waals surface area contributed by atoms with E-state index in [0.29, 0.717) is 12.5 Å². The summed E-state index contributed by atoms with van der Waals surface area (Å²) < 4.78 is 5.27. The molecular weight excluding hydrogens is 343 g/mol. The van der Waals surface area contributed by atoms with Crippen molar-refractivity contribution in [1.29, 1.82) is 0 Å². The van der Waals surface area contributed by atoms with Crippen molar-refractivity contribution in [2.45, 2.75) is 46.6 Å². The van der Waals surface area contributed by atoms with Crippen LogP contribution >= 0.6 is 24.0 Å². The summed E-state index contributed by atoms with van der Waals surface area (Å²) in [5, 5.41) is 7.09. The molecule has 0 spiro atoms. The van der Waals surface area contributed by atoms with Gasteiger partial charge in [0.2, 0.25) is 0 Å². The summed E-state index contributed by atoms with van der Waals surface area (Å²) in [5.74, 6) is 1.39. The Bertz CT molecular complexity index is 355. The summed E-state index contributed by atoms with van der Waals surface area (Å²) in [7, 11) is 0. The molecule has 0 aromatic carbocycles. The Hall–Kier alpha value is -0.790. The lowest BCUT2D eigenvalue weighted by atomic mass is 10.1. The smallest absolute Gasteiger partial charge is 0.188 e. The topological polar surface area (TPSA) is 76.4 Å². The SMILES string of the molecule is CCCNC(N)=NCc1c(CC)noc1CC.I. The molecule has 1 rings (SSSR count). The highest BCUT2D eigenvalue weighted by molar-refractivity contribution is 14.0. The van der Waals surface area contributed by atoms with Gasteiger partial charge in [0.05, 0.1) is 12.2 Å². The van der Waals surface area contributed by atoms with E-state index >= 15 is 0 Å². The second-order valence-corrected chi connectivity index (χ2v) is 3.87. The van der Waals surface area contributed by atoms with Crippen molar-refractivity contribution in [3.05, 3.63) is 17.0 Å². The number of aromatic nitrogens is 1. The molecule has 6 heteroatoms. The van der Waals surface area contributed by atoms with Crippen LogP contribution in [0, 0.1) is 0 Å². The number of rotatable bonds is 6. The first kappa shape index (κ1) is 17.2. The van der Waals surface area contributed by atoms with Crippen LogP contribution in [0.15, 0.2) is 9.52 Å². The minimum absolute atomic E-state index is 0. The third-order valence-corrected chi connectivity index (χ3v) is 2.57. The molecule has 0 aliphatic heterocycles. The summed E-state index contributed by atoms with van der Waals surface area (Å²) >= 11 is 0. The van der Waals surface area contributed by atoms with Gasteiger partial charge < -0.3 is 15.6 Å². The zero-order valence-electron chi connectivity index (χ0n) is 11.3. The maximum atomic E-state index is 5.75. The van der Waals surface area contributed by atoms with Crippen molar-refractivity contribution in [2.75, 3.05) is 6.54 Å². The van der Waals surface area contributed by atoms with Crippen LogP contribution in [-0.2, 0) is 19.4 Å². The number of hydrogen-bond acceptors (Lipinski definition) is 3. The highest BCUT2D eigenvalue weighted by atomic mass is 127. The molecule has 0 aliphatic carbocycles. The van der Waals surface area contributed by atoms with Crippen LogP contribution in [0.4, 0.5) is 0 Å². The molecule has 0 aliphatic rings. The Kier molecular flexibility index (Phi) is 8.78. The summed E-state index contributed by atoms with van der Waals surface area (Å²) in [6, 6.07) is 0. The summed E-state index contributed by atoms with van der Waals surface area (Å²) in [4.78, 5) is 4.30. The van der Waals surface area contributed by atoms with E-state index in [1.807, 2.05) is 6.92 Å². The molecule has 0 atom stereocenters. The van der Waals surface area contributed by atoms with E-state index in [9.17, 15) is 0 Å². The molecule has 1 heterocycles. The molecule has 3 N–H and O–H groups in total. The standard InChI is InChI=1S/C12H22N4O.HI/c1-4-7-14-12(13)15-8-9-10(5-2)16-17-11(9)6-3;/h4-8H2,1-3H3,(H3,13,14,15);1H. The fraction of sp³-hybridized carbons (Fsp3) is 0.667. The van der Waals surface area contributed by atoms with Crippen LogP contribution in [0.5, 0.6) is 0 Å². The predicted molar refractivity (Wildman–Crippen MR) is 84.3 cm³/mol. The van der Waals surface area contributed by atoms with Gasteiger partial charge in [-0.05, 0) is 12.8 Å². The number of hydrogen-bond donors (Lipinski definition) is 2. The van der Waals surface area contributed by atoms with Crippen LogP contribution < -0.4 is 11.1 Å². The van der Waals surface area contributed by atoms with Crippen molar-refractivity contribution in [3.63, 3.8) is 0 Å². The average molecular weight is 366 g/mol. The van der Waals surface area contributed by atoms with Gasteiger partial charge in [0.25, 0.3) is 0 Å². The van der Waals surface area contributed by atoms with Crippen LogP contribution in [0.25, 0.3) is 0 Å². The Morgan fingerprint density at radius 2 is 2.06 bits per heavy atom. The fourth-order valence-electron chi connectivity index (χ4n) is 1.59. The molecule has 104 valence electrons. The van der Waals surface area contributed by atoms with Crippen LogP contribution in [0.1, 0.15) is 44.2 Å². The Morgan fingerprint density at radius 3 is 2.61 bits per heavy atom. The minimum atomic E-state index is 0. The van der Waals surface area contributed by atoms with Gasteiger partial charge >= 0.3 is 0 Å². The average Bonchev–Trinajstić information content (AvgIpc) is 2.75. The van der Waals surface area contributed by atoms with Crippen LogP contribution in [-0.4, -0.2) is 17.7 Å². The predicted octanol–water partition coefficient (Wildman–Crippen LogP) is 2.23. The van der Waals surface area contributed by atoms with Crippen molar-refractivity contribution in [1.82, 2.24) is 10.5 Å². The molecular formula is C12H23IN4O. The third-order valence-electron chi connectivity index (χ3n) is 2.57. The Balaban J connectivity index is 0.00000289. The van der Waals surface area contributed by atoms with E-state index in [-0.39, 0.29) is 24.0 Å². The first-order chi connectivity index (χ1) is 8.22. The highest BCUT2D eigenvalue weighted by Gasteiger charge is 2.12. The fourth-order valence-corrected chi connectivity index (χ4v) is 1.59. The van der Waals surface area contributed by atoms with E-state index in [1.54, 1.807) is 0 Å². The van der Waals surface area contributed by atoms with Crippen molar-refractivity contribution in [2.24, 2.45) is 10.7 Å². The maximum absolute atomic E-state index is 5.75. The summed E-state index contributed by atoms with van der Waals surface area (Å²) in [6.07, 6.45) is 2.72. The van der Waals surface area contributed by atoms with Gasteiger partial charge in [-0.3, -0.25) is 0 Å². The second-order valence-electron chi connectivity index (χ2n) is 3.87. The molecule has 0 saturated carbocycles. The quantitative estimate of drug-likeness (QED) is 0.460. The van der Waals surface area contributed by atoms with Gasteiger partial charge in [-0.1, -0.05) is 25.9 Å². The van der Waals surface area contributed by atoms with E-state index in [0.717, 1.165) is 42.8 Å².